The predicted octanol–water partition coefficient (Wildman–Crippen LogP) is 3.94. The molecule has 1 atom stereocenters. The van der Waals surface area contributed by atoms with E-state index < -0.39 is 6.61 Å². The molecule has 0 saturated carbocycles. The standard InChI is InChI=1S/C21H27F2N5O.HI/c1-15-5-3-11-25-19(15)13-26-21(24-2)27-16-6-4-12-28(14-16)17-7-9-18(10-8-17)29-20(22)23;/h3,5,7-11,16,20H,4,6,12-14H2,1-2H3,(H2,24,26,27);1H. The van der Waals surface area contributed by atoms with Gasteiger partial charge in [0, 0.05) is 38.1 Å². The van der Waals surface area contributed by atoms with Crippen LogP contribution in [0.2, 0.25) is 0 Å². The predicted molar refractivity (Wildman–Crippen MR) is 126 cm³/mol. The van der Waals surface area contributed by atoms with E-state index in [9.17, 15) is 8.78 Å². The fourth-order valence-electron chi connectivity index (χ4n) is 3.43. The highest BCUT2D eigenvalue weighted by Gasteiger charge is 2.21. The maximum Gasteiger partial charge on any atom is 0.387 e. The number of alkyl halides is 2. The van der Waals surface area contributed by atoms with Crippen LogP contribution in [0.1, 0.15) is 24.1 Å². The lowest BCUT2D eigenvalue weighted by Crippen LogP contribution is -2.51. The molecule has 0 amide bonds. The van der Waals surface area contributed by atoms with Crippen molar-refractivity contribution in [2.75, 3.05) is 25.0 Å². The summed E-state index contributed by atoms with van der Waals surface area (Å²) >= 11 is 0. The zero-order valence-corrected chi connectivity index (χ0v) is 19.5. The van der Waals surface area contributed by atoms with Gasteiger partial charge in [0.05, 0.1) is 12.2 Å². The number of guanidine groups is 1. The molecule has 1 unspecified atom stereocenters. The summed E-state index contributed by atoms with van der Waals surface area (Å²) in [5.74, 6) is 0.910. The van der Waals surface area contributed by atoms with E-state index in [0.29, 0.717) is 6.54 Å². The molecule has 0 spiro atoms. The number of piperidine rings is 1. The van der Waals surface area contributed by atoms with Crippen LogP contribution < -0.4 is 20.3 Å². The fraction of sp³-hybridized carbons (Fsp3) is 0.429. The zero-order chi connectivity index (χ0) is 20.6. The van der Waals surface area contributed by atoms with Crippen LogP contribution in [-0.2, 0) is 6.54 Å². The first kappa shape index (κ1) is 24.1. The van der Waals surface area contributed by atoms with E-state index in [1.807, 2.05) is 31.2 Å². The third-order valence-electron chi connectivity index (χ3n) is 4.95. The molecule has 1 fully saturated rings. The number of benzene rings is 1. The first-order valence-corrected chi connectivity index (χ1v) is 9.72. The van der Waals surface area contributed by atoms with Crippen LogP contribution in [-0.4, -0.2) is 43.7 Å². The second-order valence-corrected chi connectivity index (χ2v) is 6.99. The van der Waals surface area contributed by atoms with Crippen molar-refractivity contribution in [1.82, 2.24) is 15.6 Å². The van der Waals surface area contributed by atoms with Gasteiger partial charge in [0.15, 0.2) is 5.96 Å². The van der Waals surface area contributed by atoms with Crippen LogP contribution in [0.3, 0.4) is 0 Å². The molecule has 1 aromatic carbocycles. The van der Waals surface area contributed by atoms with Crippen LogP contribution in [0.25, 0.3) is 0 Å². The highest BCUT2D eigenvalue weighted by molar-refractivity contribution is 14.0. The molecule has 9 heteroatoms. The lowest BCUT2D eigenvalue weighted by Gasteiger charge is -2.35. The third-order valence-corrected chi connectivity index (χ3v) is 4.95. The second kappa shape index (κ2) is 11.9. The Hall–Kier alpha value is -2.17. The lowest BCUT2D eigenvalue weighted by molar-refractivity contribution is -0.0498. The summed E-state index contributed by atoms with van der Waals surface area (Å²) < 4.78 is 29.0. The number of rotatable bonds is 6. The van der Waals surface area contributed by atoms with Gasteiger partial charge in [0.1, 0.15) is 5.75 Å². The molecular formula is C21H28F2IN5O. The van der Waals surface area contributed by atoms with Gasteiger partial charge >= 0.3 is 6.61 Å². The minimum absolute atomic E-state index is 0. The van der Waals surface area contributed by atoms with Gasteiger partial charge in [0.25, 0.3) is 0 Å². The van der Waals surface area contributed by atoms with Gasteiger partial charge in [0.2, 0.25) is 0 Å². The molecule has 164 valence electrons. The Balaban J connectivity index is 0.00000320. The summed E-state index contributed by atoms with van der Waals surface area (Å²) in [5.41, 5.74) is 3.12. The Morgan fingerprint density at radius 3 is 2.73 bits per heavy atom. The number of pyridine rings is 1. The van der Waals surface area contributed by atoms with E-state index >= 15 is 0 Å². The summed E-state index contributed by atoms with van der Waals surface area (Å²) in [6, 6.07) is 11.0. The van der Waals surface area contributed by atoms with E-state index in [-0.39, 0.29) is 35.8 Å². The first-order chi connectivity index (χ1) is 14.0. The van der Waals surface area contributed by atoms with E-state index in [0.717, 1.165) is 48.8 Å². The molecule has 6 nitrogen and oxygen atoms in total. The molecule has 1 saturated heterocycles. The number of hydrogen-bond donors (Lipinski definition) is 2. The summed E-state index contributed by atoms with van der Waals surface area (Å²) in [6.07, 6.45) is 3.85. The number of aryl methyl sites for hydroxylation is 1. The minimum atomic E-state index is -2.81. The summed E-state index contributed by atoms with van der Waals surface area (Å²) in [7, 11) is 1.75. The molecule has 0 bridgehead atoms. The quantitative estimate of drug-likeness (QED) is 0.336. The molecule has 0 radical (unpaired) electrons. The third kappa shape index (κ3) is 6.96. The van der Waals surface area contributed by atoms with Gasteiger partial charge in [-0.1, -0.05) is 6.07 Å². The molecular weight excluding hydrogens is 503 g/mol. The van der Waals surface area contributed by atoms with E-state index in [2.05, 4.69) is 30.2 Å². The maximum absolute atomic E-state index is 12.3. The normalized spacial score (nSPS) is 16.8. The Bertz CT molecular complexity index is 819. The van der Waals surface area contributed by atoms with Gasteiger partial charge in [-0.2, -0.15) is 8.78 Å². The minimum Gasteiger partial charge on any atom is -0.435 e. The van der Waals surface area contributed by atoms with Crippen LogP contribution >= 0.6 is 24.0 Å². The Morgan fingerprint density at radius 1 is 1.30 bits per heavy atom. The Kier molecular flexibility index (Phi) is 9.54. The van der Waals surface area contributed by atoms with Gasteiger partial charge in [-0.15, -0.1) is 24.0 Å². The van der Waals surface area contributed by atoms with Crippen molar-refractivity contribution in [2.45, 2.75) is 39.0 Å². The molecule has 0 aliphatic carbocycles. The van der Waals surface area contributed by atoms with Crippen LogP contribution in [0, 0.1) is 6.92 Å². The molecule has 30 heavy (non-hydrogen) atoms. The largest absolute Gasteiger partial charge is 0.435 e. The Morgan fingerprint density at radius 2 is 2.07 bits per heavy atom. The fourth-order valence-corrected chi connectivity index (χ4v) is 3.43. The van der Waals surface area contributed by atoms with E-state index in [1.54, 1.807) is 25.4 Å². The van der Waals surface area contributed by atoms with Crippen LogP contribution in [0.5, 0.6) is 5.75 Å². The number of aliphatic imine (C=N–C) groups is 1. The van der Waals surface area contributed by atoms with Crippen molar-refractivity contribution < 1.29 is 13.5 Å². The van der Waals surface area contributed by atoms with E-state index in [1.165, 1.54) is 0 Å². The zero-order valence-electron chi connectivity index (χ0n) is 17.1. The number of anilines is 1. The number of nitrogens with zero attached hydrogens (tertiary/aromatic N) is 3. The van der Waals surface area contributed by atoms with Crippen LogP contribution in [0.4, 0.5) is 14.5 Å². The van der Waals surface area contributed by atoms with Crippen molar-refractivity contribution in [1.29, 1.82) is 0 Å². The average molecular weight is 531 g/mol. The number of hydrogen-bond acceptors (Lipinski definition) is 4. The highest BCUT2D eigenvalue weighted by Crippen LogP contribution is 2.23. The smallest absolute Gasteiger partial charge is 0.387 e. The molecule has 1 aliphatic rings. The first-order valence-electron chi connectivity index (χ1n) is 9.72. The van der Waals surface area contributed by atoms with Gasteiger partial charge in [-0.3, -0.25) is 9.98 Å². The number of aromatic nitrogens is 1. The topological polar surface area (TPSA) is 61.8 Å². The molecule has 1 aliphatic heterocycles. The maximum atomic E-state index is 12.3. The van der Waals surface area contributed by atoms with Crippen molar-refractivity contribution in [3.8, 4) is 5.75 Å². The number of ether oxygens (including phenoxy) is 1. The molecule has 1 aromatic heterocycles. The van der Waals surface area contributed by atoms with Gasteiger partial charge in [-0.25, -0.2) is 0 Å². The van der Waals surface area contributed by atoms with Crippen LogP contribution in [0.15, 0.2) is 47.6 Å². The second-order valence-electron chi connectivity index (χ2n) is 6.99. The highest BCUT2D eigenvalue weighted by atomic mass is 127. The van der Waals surface area contributed by atoms with Crippen molar-refractivity contribution in [2.24, 2.45) is 4.99 Å². The number of halogens is 3. The van der Waals surface area contributed by atoms with E-state index in [4.69, 9.17) is 0 Å². The molecule has 2 heterocycles. The molecule has 3 rings (SSSR count). The monoisotopic (exact) mass is 531 g/mol. The van der Waals surface area contributed by atoms with Crippen molar-refractivity contribution in [3.05, 3.63) is 53.9 Å². The molecule has 2 aromatic rings. The summed E-state index contributed by atoms with van der Waals surface area (Å²) in [6.45, 7) is 1.56. The summed E-state index contributed by atoms with van der Waals surface area (Å²) in [5, 5.41) is 6.80. The molecule has 2 N–H and O–H groups in total. The average Bonchev–Trinajstić information content (AvgIpc) is 2.72. The van der Waals surface area contributed by atoms with Crippen molar-refractivity contribution >= 4 is 35.6 Å². The SMILES string of the molecule is CN=C(NCc1ncccc1C)NC1CCCN(c2ccc(OC(F)F)cc2)C1.I. The van der Waals surface area contributed by atoms with Gasteiger partial charge < -0.3 is 20.3 Å². The Labute approximate surface area is 193 Å². The lowest BCUT2D eigenvalue weighted by atomic mass is 10.0. The number of nitrogens with one attached hydrogen (secondary N) is 2. The van der Waals surface area contributed by atoms with Crippen molar-refractivity contribution in [3.63, 3.8) is 0 Å². The van der Waals surface area contributed by atoms with Gasteiger partial charge in [-0.05, 0) is 55.7 Å². The summed E-state index contributed by atoms with van der Waals surface area (Å²) in [4.78, 5) is 11.0.